The van der Waals surface area contributed by atoms with Crippen LogP contribution in [-0.2, 0) is 9.59 Å². The van der Waals surface area contributed by atoms with Gasteiger partial charge in [-0.3, -0.25) is 4.79 Å². The maximum absolute atomic E-state index is 13.2. The van der Waals surface area contributed by atoms with E-state index >= 15 is 0 Å². The lowest BCUT2D eigenvalue weighted by Gasteiger charge is -2.27. The van der Waals surface area contributed by atoms with Gasteiger partial charge < -0.3 is 15.1 Å². The van der Waals surface area contributed by atoms with Crippen molar-refractivity contribution in [3.63, 3.8) is 0 Å². The first kappa shape index (κ1) is 24.1. The number of carbonyl (C=O) groups excluding carboxylic acids is 1. The number of aryl methyl sites for hydroxylation is 1. The summed E-state index contributed by atoms with van der Waals surface area (Å²) in [5.74, 6) is -2.63. The van der Waals surface area contributed by atoms with Gasteiger partial charge in [-0.05, 0) is 73.4 Å². The summed E-state index contributed by atoms with van der Waals surface area (Å²) in [5.41, 5.74) is 6.64. The minimum absolute atomic E-state index is 0.104. The molecule has 1 aliphatic heterocycles. The molecule has 2 atom stereocenters. The highest BCUT2D eigenvalue weighted by Gasteiger charge is 2.42. The van der Waals surface area contributed by atoms with Crippen molar-refractivity contribution in [1.82, 2.24) is 0 Å². The van der Waals surface area contributed by atoms with Crippen LogP contribution in [0.1, 0.15) is 57.1 Å². The van der Waals surface area contributed by atoms with Gasteiger partial charge in [0, 0.05) is 44.2 Å². The smallest absolute Gasteiger partial charge is 0.343 e. The predicted molar refractivity (Wildman–Crippen MR) is 153 cm³/mol. The SMILES string of the molecule is Cc1ccc(N2c3ccc(-c4cc5c(s4)-c4sc(C=C(C(=O)O)C(=O)O)cc4C5=O)cc3C3CCCC32)cc1. The van der Waals surface area contributed by atoms with E-state index in [9.17, 15) is 24.6 Å². The molecule has 3 aliphatic rings. The summed E-state index contributed by atoms with van der Waals surface area (Å²) < 4.78 is 0. The molecule has 39 heavy (non-hydrogen) atoms. The number of carbonyl (C=O) groups is 3. The zero-order valence-corrected chi connectivity index (χ0v) is 22.6. The average Bonchev–Trinajstić information content (AvgIpc) is 3.71. The topological polar surface area (TPSA) is 94.9 Å². The molecular formula is C31H23NO5S2. The Morgan fingerprint density at radius 1 is 0.923 bits per heavy atom. The number of nitrogens with zero attached hydrogens (tertiary/aromatic N) is 1. The highest BCUT2D eigenvalue weighted by Crippen LogP contribution is 2.54. The fraction of sp³-hybridized carbons (Fsp3) is 0.194. The summed E-state index contributed by atoms with van der Waals surface area (Å²) >= 11 is 2.81. The van der Waals surface area contributed by atoms with Gasteiger partial charge in [0.25, 0.3) is 0 Å². The van der Waals surface area contributed by atoms with Crippen LogP contribution in [0.4, 0.5) is 11.4 Å². The lowest BCUT2D eigenvalue weighted by Crippen LogP contribution is -2.26. The van der Waals surface area contributed by atoms with E-state index in [0.29, 0.717) is 28.0 Å². The van der Waals surface area contributed by atoms with E-state index in [0.717, 1.165) is 26.3 Å². The van der Waals surface area contributed by atoms with Crippen molar-refractivity contribution < 1.29 is 24.6 Å². The molecule has 3 heterocycles. The number of fused-ring (bicyclic) bond motifs is 6. The van der Waals surface area contributed by atoms with Gasteiger partial charge in [0.15, 0.2) is 5.78 Å². The van der Waals surface area contributed by atoms with Gasteiger partial charge in [-0.1, -0.05) is 30.2 Å². The molecule has 6 nitrogen and oxygen atoms in total. The highest BCUT2D eigenvalue weighted by atomic mass is 32.1. The van der Waals surface area contributed by atoms with Crippen LogP contribution < -0.4 is 4.90 Å². The second-order valence-electron chi connectivity index (χ2n) is 10.3. The third-order valence-electron chi connectivity index (χ3n) is 8.02. The first-order valence-electron chi connectivity index (χ1n) is 12.8. The van der Waals surface area contributed by atoms with Crippen LogP contribution in [0.5, 0.6) is 0 Å². The van der Waals surface area contributed by atoms with Gasteiger partial charge in [0.1, 0.15) is 5.57 Å². The Hall–Kier alpha value is -4.01. The third-order valence-corrected chi connectivity index (χ3v) is 10.5. The number of hydrogen-bond acceptors (Lipinski definition) is 6. The first-order valence-corrected chi connectivity index (χ1v) is 14.4. The van der Waals surface area contributed by atoms with Gasteiger partial charge in [-0.15, -0.1) is 22.7 Å². The van der Waals surface area contributed by atoms with Gasteiger partial charge in [-0.25, -0.2) is 9.59 Å². The van der Waals surface area contributed by atoms with Crippen molar-refractivity contribution in [3.8, 4) is 20.2 Å². The molecule has 194 valence electrons. The third kappa shape index (κ3) is 3.70. The van der Waals surface area contributed by atoms with Crippen LogP contribution in [0.15, 0.2) is 60.2 Å². The predicted octanol–water partition coefficient (Wildman–Crippen LogP) is 7.34. The van der Waals surface area contributed by atoms with E-state index in [1.54, 1.807) is 17.4 Å². The largest absolute Gasteiger partial charge is 0.477 e. The Labute approximate surface area is 232 Å². The molecule has 0 spiro atoms. The number of hydrogen-bond donors (Lipinski definition) is 2. The van der Waals surface area contributed by atoms with Crippen LogP contribution in [0, 0.1) is 6.92 Å². The van der Waals surface area contributed by atoms with Crippen molar-refractivity contribution in [2.75, 3.05) is 4.90 Å². The van der Waals surface area contributed by atoms with Crippen LogP contribution >= 0.6 is 22.7 Å². The zero-order chi connectivity index (χ0) is 27.0. The van der Waals surface area contributed by atoms with Gasteiger partial charge >= 0.3 is 11.9 Å². The fourth-order valence-electron chi connectivity index (χ4n) is 6.24. The van der Waals surface area contributed by atoms with Gasteiger partial charge in [0.05, 0.1) is 9.75 Å². The molecule has 2 unspecified atom stereocenters. The van der Waals surface area contributed by atoms with Crippen molar-refractivity contribution >= 4 is 57.8 Å². The molecule has 1 saturated carbocycles. The quantitative estimate of drug-likeness (QED) is 0.134. The number of carboxylic acid groups (broad SMARTS) is 2. The Morgan fingerprint density at radius 3 is 2.38 bits per heavy atom. The molecule has 0 bridgehead atoms. The summed E-state index contributed by atoms with van der Waals surface area (Å²) in [6.45, 7) is 2.11. The number of anilines is 2. The molecule has 1 fully saturated rings. The molecule has 7 rings (SSSR count). The van der Waals surface area contributed by atoms with E-state index in [2.05, 4.69) is 54.3 Å². The molecule has 0 saturated heterocycles. The second kappa shape index (κ2) is 8.76. The number of ketones is 1. The average molecular weight is 554 g/mol. The lowest BCUT2D eigenvalue weighted by atomic mass is 9.95. The van der Waals surface area contributed by atoms with Gasteiger partial charge in [-0.2, -0.15) is 0 Å². The summed E-state index contributed by atoms with van der Waals surface area (Å²) in [6, 6.07) is 19.4. The Morgan fingerprint density at radius 2 is 1.64 bits per heavy atom. The zero-order valence-electron chi connectivity index (χ0n) is 20.9. The molecule has 2 aliphatic carbocycles. The molecule has 2 N–H and O–H groups in total. The molecule has 2 aromatic carbocycles. The van der Waals surface area contributed by atoms with E-state index in [1.165, 1.54) is 53.1 Å². The summed E-state index contributed by atoms with van der Waals surface area (Å²) in [4.78, 5) is 41.4. The highest BCUT2D eigenvalue weighted by molar-refractivity contribution is 7.25. The maximum atomic E-state index is 13.2. The van der Waals surface area contributed by atoms with Crippen LogP contribution in [0.3, 0.4) is 0 Å². The minimum atomic E-state index is -1.51. The van der Waals surface area contributed by atoms with E-state index in [1.807, 2.05) is 6.07 Å². The number of thiophene rings is 2. The molecule has 8 heteroatoms. The fourth-order valence-corrected chi connectivity index (χ4v) is 8.65. The molecule has 2 aromatic heterocycles. The second-order valence-corrected chi connectivity index (χ2v) is 12.5. The monoisotopic (exact) mass is 553 g/mol. The maximum Gasteiger partial charge on any atom is 0.343 e. The number of rotatable bonds is 5. The lowest BCUT2D eigenvalue weighted by molar-refractivity contribution is -0.140. The minimum Gasteiger partial charge on any atom is -0.477 e. The Bertz CT molecular complexity index is 1730. The normalized spacial score (nSPS) is 18.5. The van der Waals surface area contributed by atoms with Crippen molar-refractivity contribution in [1.29, 1.82) is 0 Å². The van der Waals surface area contributed by atoms with E-state index < -0.39 is 17.5 Å². The van der Waals surface area contributed by atoms with Crippen molar-refractivity contribution in [2.24, 2.45) is 0 Å². The molecule has 0 radical (unpaired) electrons. The first-order chi connectivity index (χ1) is 18.8. The number of aliphatic carboxylic acids is 2. The Kier molecular flexibility index (Phi) is 5.40. The Balaban J connectivity index is 1.26. The molecule has 0 amide bonds. The summed E-state index contributed by atoms with van der Waals surface area (Å²) in [5, 5.41) is 18.4. The van der Waals surface area contributed by atoms with E-state index in [-0.39, 0.29) is 5.78 Å². The van der Waals surface area contributed by atoms with Crippen LogP contribution in [0.2, 0.25) is 0 Å². The summed E-state index contributed by atoms with van der Waals surface area (Å²) in [6.07, 6.45) is 4.68. The van der Waals surface area contributed by atoms with E-state index in [4.69, 9.17) is 0 Å². The number of benzene rings is 2. The summed E-state index contributed by atoms with van der Waals surface area (Å²) in [7, 11) is 0. The van der Waals surface area contributed by atoms with Crippen molar-refractivity contribution in [3.05, 3.63) is 87.3 Å². The molecular weight excluding hydrogens is 530 g/mol. The van der Waals surface area contributed by atoms with Crippen LogP contribution in [-0.4, -0.2) is 34.0 Å². The standard InChI is InChI=1S/C31H23NO5S2/c1-15-5-8-17(9-6-15)32-24-4-2-3-19(24)20-11-16(7-10-25(20)32)26-14-22-27(33)21-12-18(38-28(21)29(22)39-26)13-23(30(34)35)31(36)37/h5-14,19,24H,2-4H2,1H3,(H,34,35)(H,36,37). The van der Waals surface area contributed by atoms with Crippen LogP contribution in [0.25, 0.3) is 26.3 Å². The number of carboxylic acids is 2. The molecule has 4 aromatic rings. The van der Waals surface area contributed by atoms with Gasteiger partial charge in [0.2, 0.25) is 0 Å². The van der Waals surface area contributed by atoms with Crippen molar-refractivity contribution in [2.45, 2.75) is 38.1 Å².